The molecule has 5 heteroatoms. The second-order valence-corrected chi connectivity index (χ2v) is 23.7. The molecule has 0 saturated heterocycles. The SMILES string of the molecule is [2H]C([2H])([2H])c1c[c-]c(-c2cc[c]([Ge]([CH3])([CH3])[CH3])cn2)cc1.[2H]C([2H])([2H])c1ccc(-c2ccc3c(oc4c(-c5cc(C([2H])([2H])C(C)C)ccn5)[c-]ccc43)c2C([2H])([2H])[2H])cc1.[Ir]. The van der Waals surface area contributed by atoms with Gasteiger partial charge in [-0.3, -0.25) is 0 Å². The van der Waals surface area contributed by atoms with Gasteiger partial charge in [-0.05, 0) is 54.4 Å². The number of fused-ring (bicyclic) bond motifs is 3. The van der Waals surface area contributed by atoms with E-state index in [2.05, 4.69) is 45.4 Å². The zero-order chi connectivity index (χ0) is 43.3. The molecule has 0 aliphatic carbocycles. The molecular formula is C44H44GeIrN2O-2. The maximum atomic E-state index is 8.49. The van der Waals surface area contributed by atoms with Crippen molar-refractivity contribution in [1.82, 2.24) is 9.97 Å². The van der Waals surface area contributed by atoms with Crippen LogP contribution in [0.15, 0.2) is 108 Å². The molecule has 0 aliphatic heterocycles. The van der Waals surface area contributed by atoms with E-state index in [-0.39, 0.29) is 42.7 Å². The topological polar surface area (TPSA) is 38.9 Å². The molecule has 0 atom stereocenters. The predicted octanol–water partition coefficient (Wildman–Crippen LogP) is 11.3. The number of hydrogen-bond donors (Lipinski definition) is 0. The molecule has 0 amide bonds. The molecule has 7 aromatic rings. The number of aryl methyl sites for hydroxylation is 3. The largest absolute Gasteiger partial charge is 0.500 e. The van der Waals surface area contributed by atoms with Gasteiger partial charge in [-0.1, -0.05) is 78.4 Å². The van der Waals surface area contributed by atoms with Gasteiger partial charge < -0.3 is 9.40 Å². The number of rotatable bonds is 6. The van der Waals surface area contributed by atoms with Gasteiger partial charge in [0.1, 0.15) is 5.58 Å². The molecule has 3 heterocycles. The summed E-state index contributed by atoms with van der Waals surface area (Å²) in [5.41, 5.74) is 5.22. The fourth-order valence-corrected chi connectivity index (χ4v) is 7.63. The van der Waals surface area contributed by atoms with E-state index >= 15 is 0 Å². The van der Waals surface area contributed by atoms with Crippen molar-refractivity contribution in [3.05, 3.63) is 138 Å². The van der Waals surface area contributed by atoms with E-state index in [9.17, 15) is 0 Å². The Morgan fingerprint density at radius 3 is 2.22 bits per heavy atom. The number of furan rings is 1. The molecule has 4 aromatic carbocycles. The Kier molecular flexibility index (Phi) is 7.64. The normalized spacial score (nSPS) is 15.8. The van der Waals surface area contributed by atoms with Crippen LogP contribution >= 0.6 is 0 Å². The van der Waals surface area contributed by atoms with Gasteiger partial charge in [0.2, 0.25) is 0 Å². The Balaban J connectivity index is 0.000000274. The van der Waals surface area contributed by atoms with E-state index in [1.165, 1.54) is 22.6 Å². The van der Waals surface area contributed by atoms with Crippen LogP contribution in [0.3, 0.4) is 0 Å². The molecule has 0 bridgehead atoms. The van der Waals surface area contributed by atoms with E-state index in [4.69, 9.17) is 19.5 Å². The van der Waals surface area contributed by atoms with Crippen molar-refractivity contribution < 1.29 is 39.6 Å². The zero-order valence-electron chi connectivity index (χ0n) is 39.0. The molecule has 3 nitrogen and oxygen atoms in total. The second kappa shape index (κ2) is 15.4. The Hall–Kier alpha value is -3.83. The van der Waals surface area contributed by atoms with E-state index in [0.29, 0.717) is 49.9 Å². The van der Waals surface area contributed by atoms with Crippen molar-refractivity contribution in [3.63, 3.8) is 0 Å². The number of pyridine rings is 2. The van der Waals surface area contributed by atoms with Crippen molar-refractivity contribution in [1.29, 1.82) is 0 Å². The minimum absolute atomic E-state index is 0. The van der Waals surface area contributed by atoms with Crippen LogP contribution < -0.4 is 4.40 Å². The first-order valence-electron chi connectivity index (χ1n) is 21.3. The third-order valence-electron chi connectivity index (χ3n) is 7.99. The summed E-state index contributed by atoms with van der Waals surface area (Å²) in [7, 11) is 0. The fourth-order valence-electron chi connectivity index (χ4n) is 5.46. The standard InChI is InChI=1S/C29H26NO.C15H18GeN.Ir/c1-18(2)16-21-14-15-30-27(17-21)26-7-5-6-24-25-13-12-23(20(4)28(25)31-29(24)26)22-10-8-19(3)9-11-22;1-12-5-7-13(8-6-12)15-10-9-14(11-17-15)16(2,3)4;/h5-6,8-15,17-18H,16H2,1-4H3;5-7,9-11H,1-4H3;/q2*-1;/i3D3,4D3,16D2;1D3;. The van der Waals surface area contributed by atoms with Crippen LogP contribution in [0.25, 0.3) is 55.6 Å². The minimum atomic E-state index is -2.53. The first-order valence-corrected chi connectivity index (χ1v) is 23.2. The Bertz CT molecular complexity index is 2540. The summed E-state index contributed by atoms with van der Waals surface area (Å²) in [5.74, 6) is 6.73. The van der Waals surface area contributed by atoms with Gasteiger partial charge in [-0.15, -0.1) is 18.2 Å². The number of hydrogen-bond acceptors (Lipinski definition) is 3. The molecule has 251 valence electrons. The first-order chi connectivity index (χ1) is 27.4. The summed E-state index contributed by atoms with van der Waals surface area (Å²) in [5, 5.41) is 1.30. The third kappa shape index (κ3) is 8.32. The summed E-state index contributed by atoms with van der Waals surface area (Å²) >= 11 is -1.83. The average Bonchev–Trinajstić information content (AvgIpc) is 3.55. The molecule has 0 unspecified atom stereocenters. The predicted molar refractivity (Wildman–Crippen MR) is 205 cm³/mol. The summed E-state index contributed by atoms with van der Waals surface area (Å²) in [6.07, 6.45) is 1.92. The van der Waals surface area contributed by atoms with Crippen molar-refractivity contribution in [2.45, 2.75) is 58.0 Å². The van der Waals surface area contributed by atoms with E-state index in [1.807, 2.05) is 26.1 Å². The Morgan fingerprint density at radius 2 is 1.57 bits per heavy atom. The van der Waals surface area contributed by atoms with Crippen LogP contribution in [0.1, 0.15) is 51.2 Å². The second-order valence-electron chi connectivity index (χ2n) is 13.0. The first kappa shape index (κ1) is 24.3. The van der Waals surface area contributed by atoms with E-state index in [0.717, 1.165) is 11.3 Å². The van der Waals surface area contributed by atoms with Crippen molar-refractivity contribution >= 4 is 39.6 Å². The van der Waals surface area contributed by atoms with Crippen LogP contribution in [0, 0.1) is 38.6 Å². The molecule has 1 radical (unpaired) electrons. The summed E-state index contributed by atoms with van der Waals surface area (Å²) < 4.78 is 94.5. The Morgan fingerprint density at radius 1 is 0.796 bits per heavy atom. The summed E-state index contributed by atoms with van der Waals surface area (Å²) in [6, 6.07) is 31.8. The van der Waals surface area contributed by atoms with E-state index in [1.54, 1.807) is 66.9 Å². The van der Waals surface area contributed by atoms with Crippen LogP contribution in [0.4, 0.5) is 0 Å². The molecule has 0 fully saturated rings. The molecule has 0 saturated carbocycles. The van der Waals surface area contributed by atoms with Crippen LogP contribution in [-0.4, -0.2) is 23.2 Å². The summed E-state index contributed by atoms with van der Waals surface area (Å²) in [6.45, 7) is -3.23. The van der Waals surface area contributed by atoms with Gasteiger partial charge in [-0.2, -0.15) is 0 Å². The smallest absolute Gasteiger partial charge is 0.124 e. The Labute approximate surface area is 323 Å². The average molecular weight is 893 g/mol. The van der Waals surface area contributed by atoms with Crippen molar-refractivity contribution in [3.8, 4) is 33.6 Å². The van der Waals surface area contributed by atoms with Crippen molar-refractivity contribution in [2.75, 3.05) is 0 Å². The van der Waals surface area contributed by atoms with Crippen LogP contribution in [0.5, 0.6) is 0 Å². The monoisotopic (exact) mass is 894 g/mol. The maximum absolute atomic E-state index is 8.49. The quantitative estimate of drug-likeness (QED) is 0.123. The van der Waals surface area contributed by atoms with Gasteiger partial charge >= 0.3 is 110 Å². The minimum Gasteiger partial charge on any atom is -0.500 e. The van der Waals surface area contributed by atoms with Gasteiger partial charge in [0.15, 0.2) is 0 Å². The summed E-state index contributed by atoms with van der Waals surface area (Å²) in [4.78, 5) is 8.93. The molecule has 0 spiro atoms. The van der Waals surface area contributed by atoms with Crippen LogP contribution in [-0.2, 0) is 26.5 Å². The molecule has 0 aliphatic rings. The fraction of sp³-hybridized carbons (Fsp3) is 0.227. The molecule has 3 aromatic heterocycles. The molecule has 0 N–H and O–H groups in total. The van der Waals surface area contributed by atoms with E-state index < -0.39 is 40.2 Å². The maximum Gasteiger partial charge on any atom is 0.124 e. The van der Waals surface area contributed by atoms with Gasteiger partial charge in [0.25, 0.3) is 0 Å². The molecule has 49 heavy (non-hydrogen) atoms. The van der Waals surface area contributed by atoms with Gasteiger partial charge in [-0.25, -0.2) is 0 Å². The van der Waals surface area contributed by atoms with Crippen molar-refractivity contribution in [2.24, 2.45) is 5.92 Å². The number of nitrogens with zero attached hydrogens (tertiary/aromatic N) is 2. The third-order valence-corrected chi connectivity index (χ3v) is 12.2. The van der Waals surface area contributed by atoms with Crippen LogP contribution in [0.2, 0.25) is 17.3 Å². The van der Waals surface area contributed by atoms with Gasteiger partial charge in [0, 0.05) is 42.7 Å². The number of benzene rings is 4. The number of aromatic nitrogens is 2. The molecule has 7 rings (SSSR count). The molecular weight excluding hydrogens is 837 g/mol. The zero-order valence-corrected chi connectivity index (χ0v) is 32.5. The van der Waals surface area contributed by atoms with Gasteiger partial charge in [0.05, 0.1) is 5.58 Å².